The molecule has 0 aliphatic heterocycles. The molecular formula is C13H16N2O5. The van der Waals surface area contributed by atoms with Gasteiger partial charge in [-0.3, -0.25) is 19.7 Å². The summed E-state index contributed by atoms with van der Waals surface area (Å²) < 4.78 is 4.61. The van der Waals surface area contributed by atoms with Gasteiger partial charge in [-0.15, -0.1) is 0 Å². The number of nitro benzene ring substituents is 1. The van der Waals surface area contributed by atoms with Crippen LogP contribution in [0.15, 0.2) is 24.3 Å². The minimum atomic E-state index is -0.959. The zero-order chi connectivity index (χ0) is 15.3. The number of hydrogen-bond donors (Lipinski definition) is 1. The van der Waals surface area contributed by atoms with Gasteiger partial charge in [-0.25, -0.2) is 0 Å². The molecule has 0 fully saturated rings. The van der Waals surface area contributed by atoms with Crippen LogP contribution in [0.1, 0.15) is 20.3 Å². The number of non-ortho nitro benzene ring substituents is 1. The summed E-state index contributed by atoms with van der Waals surface area (Å²) >= 11 is 0. The topological polar surface area (TPSA) is 98.5 Å². The van der Waals surface area contributed by atoms with Crippen molar-refractivity contribution < 1.29 is 19.2 Å². The average molecular weight is 280 g/mol. The lowest BCUT2D eigenvalue weighted by Crippen LogP contribution is -2.30. The summed E-state index contributed by atoms with van der Waals surface area (Å²) in [6, 6.07) is 5.59. The van der Waals surface area contributed by atoms with Crippen LogP contribution in [0.2, 0.25) is 0 Å². The van der Waals surface area contributed by atoms with E-state index >= 15 is 0 Å². The summed E-state index contributed by atoms with van der Waals surface area (Å²) in [7, 11) is 1.25. The van der Waals surface area contributed by atoms with Gasteiger partial charge in [-0.1, -0.05) is 6.07 Å². The van der Waals surface area contributed by atoms with Crippen molar-refractivity contribution in [2.24, 2.45) is 5.41 Å². The highest BCUT2D eigenvalue weighted by Gasteiger charge is 2.31. The fourth-order valence-corrected chi connectivity index (χ4v) is 1.65. The number of rotatable bonds is 5. The van der Waals surface area contributed by atoms with Gasteiger partial charge in [0.1, 0.15) is 0 Å². The third kappa shape index (κ3) is 4.04. The third-order valence-electron chi connectivity index (χ3n) is 2.68. The summed E-state index contributed by atoms with van der Waals surface area (Å²) in [5, 5.41) is 13.1. The Kier molecular flexibility index (Phi) is 4.79. The Balaban J connectivity index is 2.74. The standard InChI is InChI=1S/C13H16N2O5/c1-13(2,12(17)20-3)8-11(16)14-9-5-4-6-10(7-9)15(18)19/h4-7H,8H2,1-3H3,(H,14,16). The van der Waals surface area contributed by atoms with Gasteiger partial charge >= 0.3 is 5.97 Å². The lowest BCUT2D eigenvalue weighted by Gasteiger charge is -2.20. The van der Waals surface area contributed by atoms with Crippen LogP contribution in [-0.4, -0.2) is 23.9 Å². The van der Waals surface area contributed by atoms with Crippen LogP contribution in [0.25, 0.3) is 0 Å². The Morgan fingerprint density at radius 1 is 1.40 bits per heavy atom. The van der Waals surface area contributed by atoms with Crippen molar-refractivity contribution >= 4 is 23.3 Å². The van der Waals surface area contributed by atoms with E-state index in [4.69, 9.17) is 0 Å². The molecule has 1 aromatic carbocycles. The van der Waals surface area contributed by atoms with Gasteiger partial charge in [0, 0.05) is 24.2 Å². The van der Waals surface area contributed by atoms with Crippen LogP contribution < -0.4 is 5.32 Å². The number of esters is 1. The van der Waals surface area contributed by atoms with Crippen molar-refractivity contribution in [2.75, 3.05) is 12.4 Å². The minimum absolute atomic E-state index is 0.0810. The molecule has 1 aromatic rings. The Labute approximate surface area is 116 Å². The predicted molar refractivity (Wildman–Crippen MR) is 72.1 cm³/mol. The quantitative estimate of drug-likeness (QED) is 0.506. The van der Waals surface area contributed by atoms with Crippen molar-refractivity contribution in [1.29, 1.82) is 0 Å². The average Bonchev–Trinajstić information content (AvgIpc) is 2.37. The largest absolute Gasteiger partial charge is 0.469 e. The zero-order valence-electron chi connectivity index (χ0n) is 11.5. The highest BCUT2D eigenvalue weighted by Crippen LogP contribution is 2.23. The third-order valence-corrected chi connectivity index (χ3v) is 2.68. The number of benzene rings is 1. The van der Waals surface area contributed by atoms with Crippen LogP contribution in [0.3, 0.4) is 0 Å². The van der Waals surface area contributed by atoms with E-state index in [2.05, 4.69) is 10.1 Å². The molecule has 108 valence electrons. The van der Waals surface area contributed by atoms with Gasteiger partial charge in [0.05, 0.1) is 17.4 Å². The number of hydrogen-bond acceptors (Lipinski definition) is 5. The fraction of sp³-hybridized carbons (Fsp3) is 0.385. The fourth-order valence-electron chi connectivity index (χ4n) is 1.65. The second kappa shape index (κ2) is 6.14. The molecule has 0 atom stereocenters. The predicted octanol–water partition coefficient (Wildman–Crippen LogP) is 2.12. The van der Waals surface area contributed by atoms with Crippen LogP contribution in [0, 0.1) is 15.5 Å². The number of carbonyl (C=O) groups is 2. The summed E-state index contributed by atoms with van der Waals surface area (Å²) in [6.07, 6.45) is -0.0810. The van der Waals surface area contributed by atoms with Crippen molar-refractivity contribution in [3.63, 3.8) is 0 Å². The van der Waals surface area contributed by atoms with Crippen molar-refractivity contribution in [3.8, 4) is 0 Å². The molecule has 0 saturated heterocycles. The zero-order valence-corrected chi connectivity index (χ0v) is 11.5. The molecular weight excluding hydrogens is 264 g/mol. The van der Waals surface area contributed by atoms with E-state index in [0.29, 0.717) is 5.69 Å². The Morgan fingerprint density at radius 3 is 2.60 bits per heavy atom. The van der Waals surface area contributed by atoms with Crippen molar-refractivity contribution in [1.82, 2.24) is 0 Å². The number of nitro groups is 1. The van der Waals surface area contributed by atoms with E-state index in [1.807, 2.05) is 0 Å². The van der Waals surface area contributed by atoms with E-state index in [1.54, 1.807) is 13.8 Å². The monoisotopic (exact) mass is 280 g/mol. The lowest BCUT2D eigenvalue weighted by atomic mass is 9.89. The van der Waals surface area contributed by atoms with E-state index in [-0.39, 0.29) is 12.1 Å². The molecule has 7 nitrogen and oxygen atoms in total. The number of anilines is 1. The summed E-state index contributed by atoms with van der Waals surface area (Å²) in [5.41, 5.74) is -0.764. The number of nitrogens with one attached hydrogen (secondary N) is 1. The smallest absolute Gasteiger partial charge is 0.311 e. The molecule has 1 amide bonds. The van der Waals surface area contributed by atoms with Crippen molar-refractivity contribution in [2.45, 2.75) is 20.3 Å². The molecule has 0 heterocycles. The molecule has 0 aromatic heterocycles. The van der Waals surface area contributed by atoms with Crippen LogP contribution >= 0.6 is 0 Å². The molecule has 0 bridgehead atoms. The Morgan fingerprint density at radius 2 is 2.05 bits per heavy atom. The molecule has 0 unspecified atom stereocenters. The first kappa shape index (κ1) is 15.6. The highest BCUT2D eigenvalue weighted by molar-refractivity contribution is 5.94. The minimum Gasteiger partial charge on any atom is -0.469 e. The Bertz CT molecular complexity index is 539. The van der Waals surface area contributed by atoms with Crippen LogP contribution in [-0.2, 0) is 14.3 Å². The van der Waals surface area contributed by atoms with Crippen molar-refractivity contribution in [3.05, 3.63) is 34.4 Å². The highest BCUT2D eigenvalue weighted by atomic mass is 16.6. The molecule has 0 aliphatic carbocycles. The number of amides is 1. The van der Waals surface area contributed by atoms with Gasteiger partial charge in [-0.2, -0.15) is 0 Å². The molecule has 7 heteroatoms. The van der Waals surface area contributed by atoms with E-state index in [9.17, 15) is 19.7 Å². The summed E-state index contributed by atoms with van der Waals surface area (Å²) in [6.45, 7) is 3.18. The lowest BCUT2D eigenvalue weighted by molar-refractivity contribution is -0.384. The summed E-state index contributed by atoms with van der Waals surface area (Å²) in [4.78, 5) is 33.4. The second-order valence-electron chi connectivity index (χ2n) is 4.91. The first-order chi connectivity index (χ1) is 9.26. The SMILES string of the molecule is COC(=O)C(C)(C)CC(=O)Nc1cccc([N+](=O)[O-])c1. The normalized spacial score (nSPS) is 10.8. The Hall–Kier alpha value is -2.44. The maximum atomic E-state index is 11.8. The molecule has 20 heavy (non-hydrogen) atoms. The molecule has 0 aliphatic rings. The second-order valence-corrected chi connectivity index (χ2v) is 4.91. The van der Waals surface area contributed by atoms with E-state index in [1.165, 1.54) is 31.4 Å². The van der Waals surface area contributed by atoms with Gasteiger partial charge in [0.2, 0.25) is 5.91 Å². The van der Waals surface area contributed by atoms with Gasteiger partial charge in [-0.05, 0) is 19.9 Å². The van der Waals surface area contributed by atoms with Crippen LogP contribution in [0.4, 0.5) is 11.4 Å². The van der Waals surface area contributed by atoms with E-state index in [0.717, 1.165) is 0 Å². The van der Waals surface area contributed by atoms with Crippen LogP contribution in [0.5, 0.6) is 0 Å². The number of nitrogens with zero attached hydrogens (tertiary/aromatic N) is 1. The maximum Gasteiger partial charge on any atom is 0.311 e. The molecule has 1 rings (SSSR count). The first-order valence-corrected chi connectivity index (χ1v) is 5.89. The molecule has 0 radical (unpaired) electrons. The number of methoxy groups -OCH3 is 1. The number of carbonyl (C=O) groups excluding carboxylic acids is 2. The van der Waals surface area contributed by atoms with Gasteiger partial charge < -0.3 is 10.1 Å². The van der Waals surface area contributed by atoms with Gasteiger partial charge in [0.25, 0.3) is 5.69 Å². The molecule has 1 N–H and O–H groups in total. The van der Waals surface area contributed by atoms with E-state index < -0.39 is 22.2 Å². The molecule has 0 spiro atoms. The van der Waals surface area contributed by atoms with Gasteiger partial charge in [0.15, 0.2) is 0 Å². The first-order valence-electron chi connectivity index (χ1n) is 5.89. The summed E-state index contributed by atoms with van der Waals surface area (Å²) in [5.74, 6) is -0.910. The maximum absolute atomic E-state index is 11.8. The molecule has 0 saturated carbocycles. The number of ether oxygens (including phenoxy) is 1.